The molecule has 0 spiro atoms. The number of carbonyl (C=O) groups is 1. The highest BCUT2D eigenvalue weighted by molar-refractivity contribution is 5.75. The molecule has 1 aliphatic heterocycles. The SMILES string of the molecule is O=C(N1CCOCC1)n1nnn(-c2cccc(F)c2)c1=O. The van der Waals surface area contributed by atoms with Crippen LogP contribution in [0, 0.1) is 5.82 Å². The van der Waals surface area contributed by atoms with E-state index in [-0.39, 0.29) is 5.69 Å². The number of hydrogen-bond donors (Lipinski definition) is 0. The molecular weight excluding hydrogens is 281 g/mol. The molecule has 0 bridgehead atoms. The average molecular weight is 293 g/mol. The van der Waals surface area contributed by atoms with Gasteiger partial charge in [-0.1, -0.05) is 6.07 Å². The smallest absolute Gasteiger partial charge is 0.377 e. The molecule has 1 aromatic heterocycles. The van der Waals surface area contributed by atoms with Crippen LogP contribution in [0.4, 0.5) is 9.18 Å². The monoisotopic (exact) mass is 293 g/mol. The second-order valence-electron chi connectivity index (χ2n) is 4.45. The van der Waals surface area contributed by atoms with E-state index in [4.69, 9.17) is 4.74 Å². The van der Waals surface area contributed by atoms with Crippen LogP contribution >= 0.6 is 0 Å². The van der Waals surface area contributed by atoms with Crippen LogP contribution in [0.3, 0.4) is 0 Å². The second kappa shape index (κ2) is 5.44. The van der Waals surface area contributed by atoms with Gasteiger partial charge in [-0.2, -0.15) is 4.68 Å². The summed E-state index contributed by atoms with van der Waals surface area (Å²) in [5, 5.41) is 7.17. The first kappa shape index (κ1) is 13.4. The van der Waals surface area contributed by atoms with Crippen molar-refractivity contribution in [2.75, 3.05) is 26.3 Å². The van der Waals surface area contributed by atoms with Crippen LogP contribution < -0.4 is 5.69 Å². The van der Waals surface area contributed by atoms with Crippen molar-refractivity contribution in [3.05, 3.63) is 40.6 Å². The van der Waals surface area contributed by atoms with Crippen LogP contribution in [0.1, 0.15) is 0 Å². The van der Waals surface area contributed by atoms with E-state index in [1.165, 1.54) is 23.1 Å². The minimum atomic E-state index is -0.739. The van der Waals surface area contributed by atoms with Crippen molar-refractivity contribution in [3.63, 3.8) is 0 Å². The minimum Gasteiger partial charge on any atom is -0.378 e. The number of hydrogen-bond acceptors (Lipinski definition) is 5. The zero-order chi connectivity index (χ0) is 14.8. The van der Waals surface area contributed by atoms with Gasteiger partial charge >= 0.3 is 11.7 Å². The number of ether oxygens (including phenoxy) is 1. The molecular formula is C12H12FN5O3. The Labute approximate surface area is 118 Å². The zero-order valence-corrected chi connectivity index (χ0v) is 11.0. The number of rotatable bonds is 1. The van der Waals surface area contributed by atoms with Crippen molar-refractivity contribution in [2.24, 2.45) is 0 Å². The summed E-state index contributed by atoms with van der Waals surface area (Å²) in [6, 6.07) is 4.77. The van der Waals surface area contributed by atoms with Crippen molar-refractivity contribution < 1.29 is 13.9 Å². The van der Waals surface area contributed by atoms with Gasteiger partial charge in [-0.25, -0.2) is 14.0 Å². The molecule has 1 amide bonds. The first-order valence-corrected chi connectivity index (χ1v) is 6.35. The second-order valence-corrected chi connectivity index (χ2v) is 4.45. The van der Waals surface area contributed by atoms with Gasteiger partial charge in [-0.15, -0.1) is 4.68 Å². The lowest BCUT2D eigenvalue weighted by atomic mass is 10.3. The van der Waals surface area contributed by atoms with Crippen molar-refractivity contribution in [2.45, 2.75) is 0 Å². The Kier molecular flexibility index (Phi) is 3.48. The molecule has 1 fully saturated rings. The van der Waals surface area contributed by atoms with Gasteiger partial charge in [-0.05, 0) is 28.6 Å². The molecule has 2 aromatic rings. The number of aromatic nitrogens is 4. The van der Waals surface area contributed by atoms with Crippen LogP contribution in [0.25, 0.3) is 5.69 Å². The van der Waals surface area contributed by atoms with Crippen LogP contribution in [0.2, 0.25) is 0 Å². The Morgan fingerprint density at radius 2 is 2.00 bits per heavy atom. The lowest BCUT2D eigenvalue weighted by Crippen LogP contribution is -2.46. The molecule has 0 radical (unpaired) electrons. The van der Waals surface area contributed by atoms with Crippen LogP contribution in [0.15, 0.2) is 29.1 Å². The number of halogens is 1. The lowest BCUT2D eigenvalue weighted by molar-refractivity contribution is 0.0525. The minimum absolute atomic E-state index is 0.209. The fraction of sp³-hybridized carbons (Fsp3) is 0.333. The summed E-state index contributed by atoms with van der Waals surface area (Å²) in [6.07, 6.45) is 0. The molecule has 9 heteroatoms. The molecule has 21 heavy (non-hydrogen) atoms. The maximum Gasteiger partial charge on any atom is 0.377 e. The standard InChI is InChI=1S/C12H12FN5O3/c13-9-2-1-3-10(8-9)17-12(20)18(15-14-17)11(19)16-4-6-21-7-5-16/h1-3,8H,4-7H2. The molecule has 0 aliphatic carbocycles. The van der Waals surface area contributed by atoms with E-state index in [1.54, 1.807) is 0 Å². The lowest BCUT2D eigenvalue weighted by Gasteiger charge is -2.25. The van der Waals surface area contributed by atoms with Gasteiger partial charge in [0.15, 0.2) is 0 Å². The van der Waals surface area contributed by atoms with E-state index in [0.29, 0.717) is 31.0 Å². The topological polar surface area (TPSA) is 82.2 Å². The van der Waals surface area contributed by atoms with Gasteiger partial charge in [0.05, 0.1) is 18.9 Å². The molecule has 2 heterocycles. The summed E-state index contributed by atoms with van der Waals surface area (Å²) >= 11 is 0. The predicted molar refractivity (Wildman–Crippen MR) is 68.8 cm³/mol. The van der Waals surface area contributed by atoms with Crippen LogP contribution in [0.5, 0.6) is 0 Å². The van der Waals surface area contributed by atoms with Crippen molar-refractivity contribution in [1.29, 1.82) is 0 Å². The summed E-state index contributed by atoms with van der Waals surface area (Å²) in [5.41, 5.74) is -0.530. The Balaban J connectivity index is 1.92. The van der Waals surface area contributed by atoms with E-state index in [2.05, 4.69) is 10.4 Å². The summed E-state index contributed by atoms with van der Waals surface area (Å²) < 4.78 is 19.9. The molecule has 0 atom stereocenters. The maximum absolute atomic E-state index is 13.2. The maximum atomic E-state index is 13.2. The molecule has 110 valence electrons. The molecule has 1 saturated heterocycles. The normalized spacial score (nSPS) is 15.2. The van der Waals surface area contributed by atoms with Gasteiger partial charge in [0, 0.05) is 13.1 Å². The molecule has 0 N–H and O–H groups in total. The zero-order valence-electron chi connectivity index (χ0n) is 11.0. The highest BCUT2D eigenvalue weighted by Gasteiger charge is 2.23. The summed E-state index contributed by atoms with van der Waals surface area (Å²) in [6.45, 7) is 1.60. The molecule has 8 nitrogen and oxygen atoms in total. The largest absolute Gasteiger partial charge is 0.378 e. The fourth-order valence-corrected chi connectivity index (χ4v) is 2.02. The third-order valence-corrected chi connectivity index (χ3v) is 3.10. The Morgan fingerprint density at radius 1 is 1.24 bits per heavy atom. The van der Waals surface area contributed by atoms with E-state index in [1.807, 2.05) is 0 Å². The Hall–Kier alpha value is -2.55. The molecule has 3 rings (SSSR count). The summed E-state index contributed by atoms with van der Waals surface area (Å²) in [4.78, 5) is 25.8. The number of nitrogens with zero attached hydrogens (tertiary/aromatic N) is 5. The molecule has 1 aliphatic rings. The van der Waals surface area contributed by atoms with Crippen LogP contribution in [-0.2, 0) is 4.74 Å². The Bertz CT molecular complexity index is 720. The van der Waals surface area contributed by atoms with Gasteiger partial charge < -0.3 is 9.64 Å². The molecule has 0 unspecified atom stereocenters. The van der Waals surface area contributed by atoms with E-state index >= 15 is 0 Å². The third kappa shape index (κ3) is 2.55. The Morgan fingerprint density at radius 3 is 2.71 bits per heavy atom. The van der Waals surface area contributed by atoms with Gasteiger partial charge in [-0.3, -0.25) is 0 Å². The van der Waals surface area contributed by atoms with Crippen molar-refractivity contribution in [1.82, 2.24) is 24.7 Å². The number of morpholine rings is 1. The average Bonchev–Trinajstić information content (AvgIpc) is 2.89. The fourth-order valence-electron chi connectivity index (χ4n) is 2.02. The first-order chi connectivity index (χ1) is 10.2. The third-order valence-electron chi connectivity index (χ3n) is 3.10. The van der Waals surface area contributed by atoms with E-state index in [0.717, 1.165) is 10.7 Å². The van der Waals surface area contributed by atoms with E-state index < -0.39 is 17.5 Å². The predicted octanol–water partition coefficient (Wildman–Crippen LogP) is -0.132. The number of tetrazole rings is 1. The number of benzene rings is 1. The molecule has 1 aromatic carbocycles. The van der Waals surface area contributed by atoms with Gasteiger partial charge in [0.2, 0.25) is 0 Å². The van der Waals surface area contributed by atoms with Crippen LogP contribution in [-0.4, -0.2) is 57.0 Å². The van der Waals surface area contributed by atoms with Crippen molar-refractivity contribution >= 4 is 6.03 Å². The highest BCUT2D eigenvalue weighted by Crippen LogP contribution is 2.06. The number of amides is 1. The molecule has 0 saturated carbocycles. The summed E-state index contributed by atoms with van der Waals surface area (Å²) in [5.74, 6) is -0.506. The van der Waals surface area contributed by atoms with Gasteiger partial charge in [0.25, 0.3) is 0 Å². The van der Waals surface area contributed by atoms with Gasteiger partial charge in [0.1, 0.15) is 5.82 Å². The number of carbonyl (C=O) groups excluding carboxylic acids is 1. The van der Waals surface area contributed by atoms with E-state index in [9.17, 15) is 14.0 Å². The summed E-state index contributed by atoms with van der Waals surface area (Å²) in [7, 11) is 0. The highest BCUT2D eigenvalue weighted by atomic mass is 19.1. The first-order valence-electron chi connectivity index (χ1n) is 6.35. The van der Waals surface area contributed by atoms with Crippen molar-refractivity contribution in [3.8, 4) is 5.69 Å². The quantitative estimate of drug-likeness (QED) is 0.684.